The molecule has 7 nitrogen and oxygen atoms in total. The Morgan fingerprint density at radius 3 is 2.33 bits per heavy atom. The van der Waals surface area contributed by atoms with Crippen molar-refractivity contribution in [3.05, 3.63) is 82.7 Å². The highest BCUT2D eigenvalue weighted by Crippen LogP contribution is 2.31. The Bertz CT molecular complexity index is 1380. The molecule has 2 heterocycles. The summed E-state index contributed by atoms with van der Waals surface area (Å²) in [5.41, 5.74) is 8.95. The molecule has 3 aromatic rings. The van der Waals surface area contributed by atoms with Gasteiger partial charge in [0.2, 0.25) is 5.91 Å². The van der Waals surface area contributed by atoms with Crippen molar-refractivity contribution in [3.8, 4) is 16.9 Å². The summed E-state index contributed by atoms with van der Waals surface area (Å²) in [5, 5.41) is 3.22. The summed E-state index contributed by atoms with van der Waals surface area (Å²) >= 11 is 0. The summed E-state index contributed by atoms with van der Waals surface area (Å²) in [5.74, 6) is -0.346. The second kappa shape index (κ2) is 13.7. The number of amides is 2. The van der Waals surface area contributed by atoms with Crippen LogP contribution in [0.15, 0.2) is 59.5 Å². The highest BCUT2D eigenvalue weighted by molar-refractivity contribution is 7.85. The lowest BCUT2D eigenvalue weighted by Crippen LogP contribution is -2.33. The van der Waals surface area contributed by atoms with Gasteiger partial charge in [-0.3, -0.25) is 13.8 Å². The van der Waals surface area contributed by atoms with Crippen molar-refractivity contribution < 1.29 is 22.9 Å². The zero-order valence-corrected chi connectivity index (χ0v) is 23.8. The van der Waals surface area contributed by atoms with E-state index >= 15 is 4.39 Å². The van der Waals surface area contributed by atoms with Crippen LogP contribution in [0.5, 0.6) is 5.75 Å². The number of fused-ring (bicyclic) bond motifs is 1. The summed E-state index contributed by atoms with van der Waals surface area (Å²) in [6.07, 6.45) is 3.09. The Balaban J connectivity index is 0.000000666. The summed E-state index contributed by atoms with van der Waals surface area (Å²) in [6, 6.07) is 15.8. The molecule has 3 N–H and O–H groups in total. The third-order valence-electron chi connectivity index (χ3n) is 7.09. The first-order chi connectivity index (χ1) is 19.3. The maximum Gasteiger partial charge on any atom is 0.254 e. The molecule has 0 aromatic heterocycles. The van der Waals surface area contributed by atoms with Crippen molar-refractivity contribution in [1.29, 1.82) is 0 Å². The van der Waals surface area contributed by atoms with Gasteiger partial charge < -0.3 is 20.7 Å². The lowest BCUT2D eigenvalue weighted by atomic mass is 10.00. The smallest absolute Gasteiger partial charge is 0.254 e. The molecule has 1 saturated heterocycles. The number of halogens is 1. The number of ether oxygens (including phenoxy) is 1. The first-order valence-corrected chi connectivity index (χ1v) is 15.0. The van der Waals surface area contributed by atoms with E-state index in [1.54, 1.807) is 36.9 Å². The minimum atomic E-state index is -1.44. The van der Waals surface area contributed by atoms with E-state index in [-0.39, 0.29) is 21.9 Å². The highest BCUT2D eigenvalue weighted by atomic mass is 32.2. The lowest BCUT2D eigenvalue weighted by molar-refractivity contribution is 0.0731. The SMILES string of the molecule is C1CCNC1.CCc1c(C(=O)N2CCOc3ccc(-c4ccc(C(N)=O)cc4)cc3C2)ccc(S(=O)CC)c1F. The second-order valence-corrected chi connectivity index (χ2v) is 11.4. The highest BCUT2D eigenvalue weighted by Gasteiger charge is 2.26. The van der Waals surface area contributed by atoms with Crippen LogP contribution in [0.25, 0.3) is 11.1 Å². The summed E-state index contributed by atoms with van der Waals surface area (Å²) < 4.78 is 33.2. The quantitative estimate of drug-likeness (QED) is 0.452. The summed E-state index contributed by atoms with van der Waals surface area (Å²) in [7, 11) is -1.44. The normalized spacial score (nSPS) is 15.2. The van der Waals surface area contributed by atoms with Gasteiger partial charge in [0.15, 0.2) is 0 Å². The number of nitrogens with two attached hydrogens (primary N) is 1. The topological polar surface area (TPSA) is 102 Å². The Morgan fingerprint density at radius 1 is 1.02 bits per heavy atom. The van der Waals surface area contributed by atoms with Crippen LogP contribution < -0.4 is 15.8 Å². The van der Waals surface area contributed by atoms with Gasteiger partial charge in [-0.15, -0.1) is 0 Å². The third-order valence-corrected chi connectivity index (χ3v) is 8.42. The number of nitrogens with zero attached hydrogens (tertiary/aromatic N) is 1. The number of nitrogens with one attached hydrogen (secondary N) is 1. The van der Waals surface area contributed by atoms with Gasteiger partial charge in [-0.1, -0.05) is 32.0 Å². The molecule has 0 bridgehead atoms. The molecule has 3 aromatic carbocycles. The van der Waals surface area contributed by atoms with E-state index in [9.17, 15) is 13.8 Å². The van der Waals surface area contributed by atoms with E-state index in [1.807, 2.05) is 30.3 Å². The Morgan fingerprint density at radius 2 is 1.73 bits per heavy atom. The number of hydrogen-bond acceptors (Lipinski definition) is 5. The minimum Gasteiger partial charge on any atom is -0.491 e. The van der Waals surface area contributed by atoms with Crippen LogP contribution in [-0.4, -0.2) is 52.9 Å². The second-order valence-electron chi connectivity index (χ2n) is 9.69. The van der Waals surface area contributed by atoms with Crippen LogP contribution >= 0.6 is 0 Å². The number of carbonyl (C=O) groups excluding carboxylic acids is 2. The van der Waals surface area contributed by atoms with Gasteiger partial charge in [0.05, 0.1) is 22.2 Å². The molecule has 1 fully saturated rings. The molecule has 2 aliphatic heterocycles. The van der Waals surface area contributed by atoms with Crippen LogP contribution in [-0.2, 0) is 23.8 Å². The Hall–Kier alpha value is -3.56. The monoisotopic (exact) mass is 565 g/mol. The van der Waals surface area contributed by atoms with Gasteiger partial charge in [-0.05, 0) is 79.9 Å². The number of benzene rings is 3. The minimum absolute atomic E-state index is 0.137. The summed E-state index contributed by atoms with van der Waals surface area (Å²) in [6.45, 7) is 6.98. The number of rotatable bonds is 6. The largest absolute Gasteiger partial charge is 0.491 e. The fraction of sp³-hybridized carbons (Fsp3) is 0.355. The van der Waals surface area contributed by atoms with Gasteiger partial charge in [0, 0.05) is 34.6 Å². The number of hydrogen-bond donors (Lipinski definition) is 2. The number of carbonyl (C=O) groups is 2. The first kappa shape index (κ1) is 29.4. The van der Waals surface area contributed by atoms with Crippen molar-refractivity contribution in [2.45, 2.75) is 44.6 Å². The molecule has 1 atom stereocenters. The van der Waals surface area contributed by atoms with Crippen LogP contribution in [0.4, 0.5) is 4.39 Å². The average molecular weight is 566 g/mol. The zero-order chi connectivity index (χ0) is 28.6. The summed E-state index contributed by atoms with van der Waals surface area (Å²) in [4.78, 5) is 26.6. The molecule has 1 unspecified atom stereocenters. The molecular formula is C31H36FN3O4S. The predicted octanol–water partition coefficient (Wildman–Crippen LogP) is 4.69. The van der Waals surface area contributed by atoms with Crippen LogP contribution in [0.2, 0.25) is 0 Å². The van der Waals surface area contributed by atoms with E-state index < -0.39 is 22.5 Å². The fourth-order valence-electron chi connectivity index (χ4n) is 4.85. The molecule has 0 saturated carbocycles. The molecule has 0 aliphatic carbocycles. The van der Waals surface area contributed by atoms with E-state index in [2.05, 4.69) is 5.32 Å². The third kappa shape index (κ3) is 6.77. The Labute approximate surface area is 237 Å². The first-order valence-electron chi connectivity index (χ1n) is 13.7. The molecule has 9 heteroatoms. The molecule has 2 aliphatic rings. The average Bonchev–Trinajstić information content (AvgIpc) is 3.49. The standard InChI is InChI=1S/C27H27FN2O4S.C4H9N/c1-3-21-22(10-12-24(25(21)28)35(33)4-2)27(32)30-13-14-34-23-11-9-19(15-20(23)16-30)17-5-7-18(8-6-17)26(29)31;1-2-4-5-3-1/h5-12,15H,3-4,13-14,16H2,1-2H3,(H2,29,31);5H,1-4H2. The van der Waals surface area contributed by atoms with Crippen molar-refractivity contribution in [1.82, 2.24) is 10.2 Å². The maximum atomic E-state index is 15.1. The fourth-order valence-corrected chi connectivity index (χ4v) is 5.70. The van der Waals surface area contributed by atoms with Gasteiger partial charge in [0.25, 0.3) is 5.91 Å². The molecule has 0 radical (unpaired) electrons. The molecule has 0 spiro atoms. The van der Waals surface area contributed by atoms with Gasteiger partial charge in [-0.25, -0.2) is 4.39 Å². The van der Waals surface area contributed by atoms with E-state index in [4.69, 9.17) is 10.5 Å². The van der Waals surface area contributed by atoms with Crippen molar-refractivity contribution in [2.75, 3.05) is 32.0 Å². The van der Waals surface area contributed by atoms with Crippen molar-refractivity contribution in [2.24, 2.45) is 5.73 Å². The van der Waals surface area contributed by atoms with Crippen LogP contribution in [0.3, 0.4) is 0 Å². The molecule has 212 valence electrons. The predicted molar refractivity (Wildman–Crippen MR) is 155 cm³/mol. The molecule has 2 amide bonds. The van der Waals surface area contributed by atoms with E-state index in [1.165, 1.54) is 32.0 Å². The molecule has 40 heavy (non-hydrogen) atoms. The van der Waals surface area contributed by atoms with Crippen molar-refractivity contribution >= 4 is 22.6 Å². The van der Waals surface area contributed by atoms with Gasteiger partial charge >= 0.3 is 0 Å². The van der Waals surface area contributed by atoms with E-state index in [0.717, 1.165) is 16.7 Å². The van der Waals surface area contributed by atoms with E-state index in [0.29, 0.717) is 43.2 Å². The lowest BCUT2D eigenvalue weighted by Gasteiger charge is -2.22. The number of primary amides is 1. The van der Waals surface area contributed by atoms with Gasteiger partial charge in [-0.2, -0.15) is 0 Å². The van der Waals surface area contributed by atoms with Gasteiger partial charge in [0.1, 0.15) is 18.2 Å². The van der Waals surface area contributed by atoms with Crippen LogP contribution in [0, 0.1) is 5.82 Å². The van der Waals surface area contributed by atoms with Crippen LogP contribution in [0.1, 0.15) is 58.5 Å². The zero-order valence-electron chi connectivity index (χ0n) is 23.0. The molecule has 5 rings (SSSR count). The Kier molecular flexibility index (Phi) is 10.1. The van der Waals surface area contributed by atoms with Crippen molar-refractivity contribution in [3.63, 3.8) is 0 Å². The molecular weight excluding hydrogens is 529 g/mol. The maximum absolute atomic E-state index is 15.1.